The second-order valence-corrected chi connectivity index (χ2v) is 8.42. The fourth-order valence-electron chi connectivity index (χ4n) is 3.53. The first kappa shape index (κ1) is 18.0. The Labute approximate surface area is 152 Å². The summed E-state index contributed by atoms with van der Waals surface area (Å²) in [5, 5.41) is 9.91. The molecule has 0 radical (unpaired) electrons. The van der Waals surface area contributed by atoms with Crippen molar-refractivity contribution in [1.29, 1.82) is 0 Å². The largest absolute Gasteiger partial charge is 0.497 e. The zero-order valence-corrected chi connectivity index (χ0v) is 16.0. The average Bonchev–Trinajstić information content (AvgIpc) is 2.92. The number of ether oxygens (including phenoxy) is 2. The van der Waals surface area contributed by atoms with Crippen LogP contribution >= 0.6 is 11.3 Å². The maximum atomic E-state index is 12.1. The number of thiophene rings is 1. The summed E-state index contributed by atoms with van der Waals surface area (Å²) in [6.45, 7) is 4.84. The number of aryl methyl sites for hydroxylation is 1. The second kappa shape index (κ2) is 6.81. The molecule has 0 bridgehead atoms. The number of methoxy groups -OCH3 is 2. The molecule has 5 heteroatoms. The van der Waals surface area contributed by atoms with Crippen LogP contribution in [-0.2, 0) is 24.2 Å². The van der Waals surface area contributed by atoms with Crippen molar-refractivity contribution in [3.05, 3.63) is 39.8 Å². The normalized spacial score (nSPS) is 15.7. The van der Waals surface area contributed by atoms with Gasteiger partial charge < -0.3 is 14.6 Å². The Kier molecular flexibility index (Phi) is 4.89. The predicted molar refractivity (Wildman–Crippen MR) is 99.8 cm³/mol. The zero-order valence-electron chi connectivity index (χ0n) is 15.1. The molecule has 0 fully saturated rings. The zero-order chi connectivity index (χ0) is 18.2. The summed E-state index contributed by atoms with van der Waals surface area (Å²) in [4.78, 5) is 14.1. The van der Waals surface area contributed by atoms with Gasteiger partial charge in [0, 0.05) is 16.9 Å². The van der Waals surface area contributed by atoms with Gasteiger partial charge in [-0.1, -0.05) is 13.8 Å². The molecule has 3 rings (SSSR count). The molecule has 1 aromatic carbocycles. The second-order valence-electron chi connectivity index (χ2n) is 7.31. The lowest BCUT2D eigenvalue weighted by Crippen LogP contribution is -2.22. The van der Waals surface area contributed by atoms with Crippen molar-refractivity contribution in [3.8, 4) is 16.2 Å². The molecule has 2 aromatic rings. The van der Waals surface area contributed by atoms with Crippen LogP contribution in [0.15, 0.2) is 18.2 Å². The van der Waals surface area contributed by atoms with Crippen LogP contribution in [-0.4, -0.2) is 25.3 Å². The average molecular weight is 360 g/mol. The highest BCUT2D eigenvalue weighted by Gasteiger charge is 2.33. The van der Waals surface area contributed by atoms with E-state index in [9.17, 15) is 9.90 Å². The smallest absolute Gasteiger partial charge is 0.337 e. The van der Waals surface area contributed by atoms with Gasteiger partial charge in [0.05, 0.1) is 19.3 Å². The molecule has 1 heterocycles. The summed E-state index contributed by atoms with van der Waals surface area (Å²) in [5.74, 6) is -0.0977. The van der Waals surface area contributed by atoms with Crippen molar-refractivity contribution in [2.75, 3.05) is 14.2 Å². The molecule has 1 N–H and O–H groups in total. The molecule has 1 aliphatic rings. The Balaban J connectivity index is 2.18. The minimum atomic E-state index is -0.843. The number of carboxylic acid groups (broad SMARTS) is 1. The summed E-state index contributed by atoms with van der Waals surface area (Å²) in [6.07, 6.45) is 2.85. The van der Waals surface area contributed by atoms with Gasteiger partial charge in [-0.05, 0) is 59.6 Å². The Morgan fingerprint density at radius 1 is 1.32 bits per heavy atom. The Morgan fingerprint density at radius 3 is 2.72 bits per heavy atom. The quantitative estimate of drug-likeness (QED) is 0.833. The molecule has 0 spiro atoms. The highest BCUT2D eigenvalue weighted by molar-refractivity contribution is 7.16. The van der Waals surface area contributed by atoms with Gasteiger partial charge in [-0.15, -0.1) is 11.3 Å². The van der Waals surface area contributed by atoms with Crippen LogP contribution in [0.25, 0.3) is 10.4 Å². The van der Waals surface area contributed by atoms with Gasteiger partial charge in [0.2, 0.25) is 0 Å². The molecular formula is C20H24O4S. The van der Waals surface area contributed by atoms with Gasteiger partial charge in [-0.25, -0.2) is 4.79 Å². The lowest BCUT2D eigenvalue weighted by Gasteiger charge is -2.29. The number of fused-ring (bicyclic) bond motifs is 1. The number of carboxylic acids is 1. The van der Waals surface area contributed by atoms with E-state index in [0.717, 1.165) is 46.6 Å². The maximum absolute atomic E-state index is 12.1. The fourth-order valence-corrected chi connectivity index (χ4v) is 4.90. The van der Waals surface area contributed by atoms with Crippen molar-refractivity contribution in [2.45, 2.75) is 39.7 Å². The number of benzene rings is 1. The summed E-state index contributed by atoms with van der Waals surface area (Å²) >= 11 is 1.62. The van der Waals surface area contributed by atoms with Crippen LogP contribution in [0.2, 0.25) is 0 Å². The van der Waals surface area contributed by atoms with Crippen molar-refractivity contribution >= 4 is 17.3 Å². The third kappa shape index (κ3) is 3.44. The third-order valence-electron chi connectivity index (χ3n) is 4.85. The first-order valence-corrected chi connectivity index (χ1v) is 9.22. The van der Waals surface area contributed by atoms with Crippen molar-refractivity contribution < 1.29 is 19.4 Å². The van der Waals surface area contributed by atoms with Crippen molar-refractivity contribution in [2.24, 2.45) is 5.41 Å². The lowest BCUT2D eigenvalue weighted by atomic mass is 9.76. The van der Waals surface area contributed by atoms with Gasteiger partial charge in [0.1, 0.15) is 5.75 Å². The summed E-state index contributed by atoms with van der Waals surface area (Å²) in [5.41, 5.74) is 3.50. The molecule has 0 atom stereocenters. The van der Waals surface area contributed by atoms with Crippen LogP contribution < -0.4 is 4.74 Å². The van der Waals surface area contributed by atoms with E-state index in [4.69, 9.17) is 9.47 Å². The molecule has 1 aliphatic carbocycles. The van der Waals surface area contributed by atoms with E-state index in [2.05, 4.69) is 13.8 Å². The maximum Gasteiger partial charge on any atom is 0.337 e. The third-order valence-corrected chi connectivity index (χ3v) is 6.17. The van der Waals surface area contributed by atoms with E-state index in [1.54, 1.807) is 25.6 Å². The molecule has 0 saturated carbocycles. The molecule has 0 unspecified atom stereocenters. The molecule has 134 valence electrons. The van der Waals surface area contributed by atoms with E-state index in [-0.39, 0.29) is 5.41 Å². The molecule has 0 saturated heterocycles. The number of hydrogen-bond acceptors (Lipinski definition) is 4. The van der Waals surface area contributed by atoms with Crippen LogP contribution in [0.3, 0.4) is 0 Å². The van der Waals surface area contributed by atoms with Crippen LogP contribution in [0.4, 0.5) is 0 Å². The van der Waals surface area contributed by atoms with Gasteiger partial charge in [0.25, 0.3) is 0 Å². The van der Waals surface area contributed by atoms with E-state index < -0.39 is 5.97 Å². The Bertz CT molecular complexity index is 804. The minimum absolute atomic E-state index is 0.144. The first-order chi connectivity index (χ1) is 11.9. The number of hydrogen-bond donors (Lipinski definition) is 1. The van der Waals surface area contributed by atoms with E-state index in [1.807, 2.05) is 18.2 Å². The van der Waals surface area contributed by atoms with Crippen LogP contribution in [0.5, 0.6) is 5.75 Å². The standard InChI is InChI=1S/C20H24O4S/c1-20(2)8-7-16-15(10-20)17(19(21)22)18(25-16)14-6-5-13(24-4)9-12(14)11-23-3/h5-6,9H,7-8,10-11H2,1-4H3,(H,21,22). The Morgan fingerprint density at radius 2 is 2.08 bits per heavy atom. The van der Waals surface area contributed by atoms with Crippen molar-refractivity contribution in [1.82, 2.24) is 0 Å². The van der Waals surface area contributed by atoms with E-state index in [0.29, 0.717) is 12.2 Å². The first-order valence-electron chi connectivity index (χ1n) is 8.40. The monoisotopic (exact) mass is 360 g/mol. The van der Waals surface area contributed by atoms with Gasteiger partial charge in [-0.2, -0.15) is 0 Å². The number of carbonyl (C=O) groups is 1. The van der Waals surface area contributed by atoms with Crippen LogP contribution in [0.1, 0.15) is 46.6 Å². The van der Waals surface area contributed by atoms with Crippen molar-refractivity contribution in [3.63, 3.8) is 0 Å². The highest BCUT2D eigenvalue weighted by atomic mass is 32.1. The highest BCUT2D eigenvalue weighted by Crippen LogP contribution is 2.46. The topological polar surface area (TPSA) is 55.8 Å². The minimum Gasteiger partial charge on any atom is -0.497 e. The number of rotatable bonds is 5. The van der Waals surface area contributed by atoms with Gasteiger partial charge >= 0.3 is 5.97 Å². The van der Waals surface area contributed by atoms with E-state index in [1.165, 1.54) is 4.88 Å². The summed E-state index contributed by atoms with van der Waals surface area (Å²) in [6, 6.07) is 5.75. The molecule has 25 heavy (non-hydrogen) atoms. The summed E-state index contributed by atoms with van der Waals surface area (Å²) < 4.78 is 10.6. The SMILES string of the molecule is COCc1cc(OC)ccc1-c1sc2c(c1C(=O)O)CC(C)(C)CC2. The molecule has 4 nitrogen and oxygen atoms in total. The van der Waals surface area contributed by atoms with E-state index >= 15 is 0 Å². The Hall–Kier alpha value is -1.85. The molecule has 0 aliphatic heterocycles. The predicted octanol–water partition coefficient (Wildman–Crippen LogP) is 4.78. The van der Waals surface area contributed by atoms with Crippen LogP contribution in [0, 0.1) is 5.41 Å². The fraction of sp³-hybridized carbons (Fsp3) is 0.450. The molecule has 0 amide bonds. The molecule has 1 aromatic heterocycles. The van der Waals surface area contributed by atoms with Gasteiger partial charge in [-0.3, -0.25) is 0 Å². The molecular weight excluding hydrogens is 336 g/mol. The summed E-state index contributed by atoms with van der Waals surface area (Å²) in [7, 11) is 3.27. The van der Waals surface area contributed by atoms with Gasteiger partial charge in [0.15, 0.2) is 0 Å². The number of aromatic carboxylic acids is 1. The lowest BCUT2D eigenvalue weighted by molar-refractivity contribution is 0.0696.